The molecule has 29 heavy (non-hydrogen) atoms. The molecule has 1 aromatic rings. The third kappa shape index (κ3) is 4.01. The summed E-state index contributed by atoms with van der Waals surface area (Å²) in [7, 11) is 3.32. The van der Waals surface area contributed by atoms with Gasteiger partial charge < -0.3 is 9.80 Å². The zero-order valence-electron chi connectivity index (χ0n) is 17.5. The molecule has 3 aliphatic heterocycles. The van der Waals surface area contributed by atoms with E-state index in [2.05, 4.69) is 34.1 Å². The number of hydrogen-bond donors (Lipinski definition) is 0. The second-order valence-electron chi connectivity index (χ2n) is 8.31. The number of hydrogen-bond acceptors (Lipinski definition) is 5. The topological polar surface area (TPSA) is 59.5 Å². The highest BCUT2D eigenvalue weighted by molar-refractivity contribution is 6.04. The molecule has 0 aliphatic carbocycles. The van der Waals surface area contributed by atoms with Gasteiger partial charge in [-0.1, -0.05) is 36.8 Å². The van der Waals surface area contributed by atoms with Crippen molar-refractivity contribution in [1.82, 2.24) is 19.6 Å². The zero-order valence-corrected chi connectivity index (χ0v) is 17.5. The van der Waals surface area contributed by atoms with Crippen molar-refractivity contribution in [1.29, 1.82) is 0 Å². The van der Waals surface area contributed by atoms with Crippen LogP contribution in [0, 0.1) is 0 Å². The van der Waals surface area contributed by atoms with Gasteiger partial charge in [0.2, 0.25) is 0 Å². The van der Waals surface area contributed by atoms with Gasteiger partial charge in [-0.2, -0.15) is 0 Å². The van der Waals surface area contributed by atoms with Crippen LogP contribution in [0.25, 0.3) is 0 Å². The van der Waals surface area contributed by atoms with Crippen molar-refractivity contribution in [2.24, 2.45) is 4.99 Å². The lowest BCUT2D eigenvalue weighted by Gasteiger charge is -2.40. The Hall–Kier alpha value is -2.41. The standard InChI is InChI=1S/C22H31N5O2/c1-24-20-19(21(28)25(2)22(24)29)27(15-9-12-17-10-5-3-6-11-17)18(23-20)16-26-13-7-4-8-14-26/h3,5-6,10-11,19-20H,4,7-9,12-16H2,1-2H3. The summed E-state index contributed by atoms with van der Waals surface area (Å²) in [5.74, 6) is 0.813. The van der Waals surface area contributed by atoms with Crippen molar-refractivity contribution in [3.05, 3.63) is 35.9 Å². The number of likely N-dealkylation sites (N-methyl/N-ethyl adjacent to an activating group) is 2. The van der Waals surface area contributed by atoms with Gasteiger partial charge in [0, 0.05) is 20.6 Å². The molecule has 0 bridgehead atoms. The third-order valence-corrected chi connectivity index (χ3v) is 6.32. The third-order valence-electron chi connectivity index (χ3n) is 6.32. The fraction of sp³-hybridized carbons (Fsp3) is 0.591. The summed E-state index contributed by atoms with van der Waals surface area (Å²) < 4.78 is 0. The molecule has 3 heterocycles. The van der Waals surface area contributed by atoms with Crippen LogP contribution in [0.4, 0.5) is 4.79 Å². The molecule has 2 unspecified atom stereocenters. The molecule has 0 radical (unpaired) electrons. The number of carbonyl (C=O) groups excluding carboxylic acids is 2. The average Bonchev–Trinajstić information content (AvgIpc) is 3.10. The number of nitrogens with zero attached hydrogens (tertiary/aromatic N) is 5. The molecule has 3 aliphatic rings. The number of aryl methyl sites for hydroxylation is 1. The normalized spacial score (nSPS) is 25.4. The van der Waals surface area contributed by atoms with Gasteiger partial charge in [0.25, 0.3) is 5.91 Å². The molecule has 2 atom stereocenters. The number of amidine groups is 1. The lowest BCUT2D eigenvalue weighted by atomic mass is 10.1. The molecule has 2 fully saturated rings. The molecule has 0 aromatic heterocycles. The number of benzene rings is 1. The van der Waals surface area contributed by atoms with E-state index in [0.717, 1.165) is 44.9 Å². The van der Waals surface area contributed by atoms with E-state index in [0.29, 0.717) is 0 Å². The van der Waals surface area contributed by atoms with Gasteiger partial charge in [-0.15, -0.1) is 0 Å². The summed E-state index contributed by atoms with van der Waals surface area (Å²) in [6.45, 7) is 3.69. The SMILES string of the molecule is CN1C(=O)C2C(N=C(CN3CCCCC3)N2CCCc2ccccc2)N(C)C1=O. The minimum absolute atomic E-state index is 0.143. The number of carbonyl (C=O) groups is 2. The van der Waals surface area contributed by atoms with Crippen LogP contribution in [0.3, 0.4) is 0 Å². The van der Waals surface area contributed by atoms with E-state index in [-0.39, 0.29) is 11.9 Å². The molecule has 0 spiro atoms. The quantitative estimate of drug-likeness (QED) is 0.737. The lowest BCUT2D eigenvalue weighted by molar-refractivity contribution is -0.136. The highest BCUT2D eigenvalue weighted by Gasteiger charge is 2.50. The number of aliphatic imine (C=N–C) groups is 1. The number of piperidine rings is 1. The summed E-state index contributed by atoms with van der Waals surface area (Å²) in [6.07, 6.45) is 5.21. The van der Waals surface area contributed by atoms with Gasteiger partial charge in [-0.25, -0.2) is 9.79 Å². The van der Waals surface area contributed by atoms with Gasteiger partial charge >= 0.3 is 6.03 Å². The molecule has 2 saturated heterocycles. The van der Waals surface area contributed by atoms with E-state index in [1.165, 1.54) is 29.7 Å². The highest BCUT2D eigenvalue weighted by atomic mass is 16.2. The van der Waals surface area contributed by atoms with Gasteiger partial charge in [0.1, 0.15) is 5.84 Å². The van der Waals surface area contributed by atoms with Crippen molar-refractivity contribution < 1.29 is 9.59 Å². The van der Waals surface area contributed by atoms with Crippen LogP contribution in [0.5, 0.6) is 0 Å². The number of fused-ring (bicyclic) bond motifs is 1. The molecule has 1 aromatic carbocycles. The summed E-state index contributed by atoms with van der Waals surface area (Å²) in [6, 6.07) is 9.75. The van der Waals surface area contributed by atoms with Crippen LogP contribution >= 0.6 is 0 Å². The van der Waals surface area contributed by atoms with Crippen molar-refractivity contribution in [2.45, 2.75) is 44.3 Å². The minimum atomic E-state index is -0.414. The van der Waals surface area contributed by atoms with Crippen LogP contribution in [-0.4, -0.2) is 89.9 Å². The fourth-order valence-corrected chi connectivity index (χ4v) is 4.64. The van der Waals surface area contributed by atoms with Crippen LogP contribution in [0.1, 0.15) is 31.2 Å². The lowest BCUT2D eigenvalue weighted by Crippen LogP contribution is -2.64. The maximum Gasteiger partial charge on any atom is 0.328 e. The minimum Gasteiger partial charge on any atom is -0.344 e. The van der Waals surface area contributed by atoms with Gasteiger partial charge in [0.15, 0.2) is 12.2 Å². The van der Waals surface area contributed by atoms with Crippen LogP contribution in [0.15, 0.2) is 35.3 Å². The predicted molar refractivity (Wildman–Crippen MR) is 113 cm³/mol. The Morgan fingerprint density at radius 3 is 2.48 bits per heavy atom. The Balaban J connectivity index is 1.51. The molecule has 0 N–H and O–H groups in total. The molecule has 7 nitrogen and oxygen atoms in total. The molecule has 3 amide bonds. The first kappa shape index (κ1) is 19.9. The molecule has 0 saturated carbocycles. The first-order chi connectivity index (χ1) is 14.1. The smallest absolute Gasteiger partial charge is 0.328 e. The van der Waals surface area contributed by atoms with E-state index in [1.807, 2.05) is 6.07 Å². The van der Waals surface area contributed by atoms with Gasteiger partial charge in [0.05, 0.1) is 6.54 Å². The molecular weight excluding hydrogens is 366 g/mol. The summed E-state index contributed by atoms with van der Waals surface area (Å²) in [4.78, 5) is 37.7. The van der Waals surface area contributed by atoms with Gasteiger partial charge in [-0.05, 0) is 44.3 Å². The Kier molecular flexibility index (Phi) is 5.85. The summed E-state index contributed by atoms with van der Waals surface area (Å²) in [5.41, 5.74) is 1.30. The van der Waals surface area contributed by atoms with Crippen molar-refractivity contribution in [2.75, 3.05) is 40.3 Å². The predicted octanol–water partition coefficient (Wildman–Crippen LogP) is 2.04. The van der Waals surface area contributed by atoms with Crippen LogP contribution in [0.2, 0.25) is 0 Å². The maximum atomic E-state index is 13.0. The summed E-state index contributed by atoms with van der Waals surface area (Å²) in [5, 5.41) is 0. The zero-order chi connectivity index (χ0) is 20.4. The second-order valence-corrected chi connectivity index (χ2v) is 8.31. The first-order valence-electron chi connectivity index (χ1n) is 10.7. The Morgan fingerprint density at radius 1 is 1.03 bits per heavy atom. The number of imide groups is 1. The molecule has 7 heteroatoms. The van der Waals surface area contributed by atoms with Gasteiger partial charge in [-0.3, -0.25) is 14.6 Å². The number of likely N-dealkylation sites (tertiary alicyclic amines) is 1. The van der Waals surface area contributed by atoms with Crippen molar-refractivity contribution >= 4 is 17.8 Å². The second kappa shape index (κ2) is 8.53. The van der Waals surface area contributed by atoms with E-state index in [4.69, 9.17) is 4.99 Å². The highest BCUT2D eigenvalue weighted by Crippen LogP contribution is 2.28. The monoisotopic (exact) mass is 397 g/mol. The molecule has 156 valence electrons. The Morgan fingerprint density at radius 2 is 1.76 bits per heavy atom. The molecule has 4 rings (SSSR count). The largest absolute Gasteiger partial charge is 0.344 e. The Bertz CT molecular complexity index is 775. The van der Waals surface area contributed by atoms with Crippen molar-refractivity contribution in [3.63, 3.8) is 0 Å². The van der Waals surface area contributed by atoms with E-state index in [9.17, 15) is 9.59 Å². The maximum absolute atomic E-state index is 13.0. The summed E-state index contributed by atoms with van der Waals surface area (Å²) >= 11 is 0. The average molecular weight is 398 g/mol. The first-order valence-corrected chi connectivity index (χ1v) is 10.7. The van der Waals surface area contributed by atoms with E-state index >= 15 is 0 Å². The van der Waals surface area contributed by atoms with E-state index in [1.54, 1.807) is 19.0 Å². The number of rotatable bonds is 6. The van der Waals surface area contributed by atoms with Crippen molar-refractivity contribution in [3.8, 4) is 0 Å². The number of amides is 3. The number of urea groups is 1. The van der Waals surface area contributed by atoms with Crippen LogP contribution in [-0.2, 0) is 11.2 Å². The fourth-order valence-electron chi connectivity index (χ4n) is 4.64. The Labute approximate surface area is 173 Å². The van der Waals surface area contributed by atoms with E-state index < -0.39 is 12.2 Å². The molecular formula is C22H31N5O2. The van der Waals surface area contributed by atoms with Crippen LogP contribution < -0.4 is 0 Å².